The number of rotatable bonds is 9. The average molecular weight is 1420 g/mol. The molecule has 5 aromatic carbocycles. The van der Waals surface area contributed by atoms with Gasteiger partial charge in [0.05, 0.1) is 48.3 Å². The van der Waals surface area contributed by atoms with Crippen molar-refractivity contribution < 1.29 is 60.7 Å². The molecule has 5 aromatic rings. The number of piperidine rings is 6. The largest absolute Gasteiger partial charge is 0.400 e. The molecule has 24 heteroatoms. The van der Waals surface area contributed by atoms with Gasteiger partial charge in [0, 0.05) is 91.4 Å². The first-order valence-corrected chi connectivity index (χ1v) is 38.4. The van der Waals surface area contributed by atoms with Gasteiger partial charge in [0.25, 0.3) is 0 Å². The quantitative estimate of drug-likeness (QED) is 0.0544. The van der Waals surface area contributed by atoms with E-state index in [9.17, 15) is 45.4 Å². The number of aliphatic hydroxyl groups is 6. The molecular weight excluding hydrogens is 1310 g/mol. The summed E-state index contributed by atoms with van der Waals surface area (Å²) in [5, 5.41) is 59.5. The Kier molecular flexibility index (Phi) is 40.2. The number of carbonyl (C=O) groups is 1. The van der Waals surface area contributed by atoms with Gasteiger partial charge >= 0.3 is 0 Å². The zero-order valence-electron chi connectivity index (χ0n) is 56.4. The number of carbonyl (C=O) groups excluding carboxylic acids is 1. The Morgan fingerprint density at radius 1 is 0.442 bits per heavy atom. The van der Waals surface area contributed by atoms with Gasteiger partial charge in [-0.3, -0.25) is 4.79 Å². The number of Topliss-reactive ketones (excluding diaryl/α,β-unsaturated/α-hetero) is 1. The standard InChI is InChI=1S/2C13H19NO3S.C12H17N.C11H15NO.C7H8O2S.C6H13NO2.C6H11NO.CH2Cl2.CH4O.CH4/c2*1-14-9-7-13(15,8-10-14)11-18(16,17)12-5-3-2-4-6-12;1-13-9-7-12(8-10-13)11-5-3-2-4-6-11;13-11(6-8-12-9-7-11)10-4-2-1-3-5-10;1-10(8,9)7-5-3-2-4-6-7;1-7-4-2-6(8,9)3-5-7;1-7-4-2-6(8)3-5-7;2-1-3;1-2;/h2*2-6,15H,7-11H2,1H3;2-6,12H,7-10H2,1H3;1-5,12-13H,6-9H2;2-6H,1H3;8-9H,2-5H2,1H3;2-5H2,1H3;1H2;2H,1H3;1H4. The molecule has 6 saturated heterocycles. The van der Waals surface area contributed by atoms with Gasteiger partial charge in [0.2, 0.25) is 0 Å². The highest BCUT2D eigenvalue weighted by atomic mass is 35.5. The smallest absolute Gasteiger partial charge is 0.181 e. The van der Waals surface area contributed by atoms with Gasteiger partial charge < -0.3 is 60.5 Å². The second-order valence-corrected chi connectivity index (χ2v) is 32.0. The Bertz CT molecular complexity index is 3060. The van der Waals surface area contributed by atoms with E-state index in [4.69, 9.17) is 38.5 Å². The number of likely N-dealkylation sites (tertiary alicyclic amines) is 5. The van der Waals surface area contributed by atoms with E-state index in [1.807, 2.05) is 58.5 Å². The van der Waals surface area contributed by atoms with Crippen molar-refractivity contribution in [1.82, 2.24) is 29.8 Å². The highest BCUT2D eigenvalue weighted by Crippen LogP contribution is 2.31. The van der Waals surface area contributed by atoms with E-state index in [-0.39, 0.29) is 34.1 Å². The van der Waals surface area contributed by atoms with E-state index in [1.165, 1.54) is 37.8 Å². The number of alkyl halides is 2. The van der Waals surface area contributed by atoms with E-state index in [2.05, 4.69) is 67.2 Å². The van der Waals surface area contributed by atoms with Crippen molar-refractivity contribution in [1.29, 1.82) is 0 Å². The van der Waals surface area contributed by atoms with E-state index in [0.717, 1.165) is 110 Å². The minimum absolute atomic E-state index is 0. The Morgan fingerprint density at radius 2 is 0.737 bits per heavy atom. The molecule has 0 unspecified atom stereocenters. The van der Waals surface area contributed by atoms with Crippen molar-refractivity contribution >= 4 is 58.5 Å². The average Bonchev–Trinajstić information content (AvgIpc) is 0.965. The van der Waals surface area contributed by atoms with Crippen molar-refractivity contribution in [3.05, 3.63) is 163 Å². The summed E-state index contributed by atoms with van der Waals surface area (Å²) in [6.07, 6.45) is 9.98. The van der Waals surface area contributed by atoms with Crippen LogP contribution in [-0.2, 0) is 39.9 Å². The molecule has 0 aromatic heterocycles. The first-order chi connectivity index (χ1) is 44.4. The van der Waals surface area contributed by atoms with E-state index >= 15 is 0 Å². The SMILES string of the molecule is C.CN1CCC(=O)CC1.CN1CCC(O)(CS(=O)(=O)c2ccccc2)CC1.CN1CCC(O)(CS(=O)(=O)c2ccccc2)CC1.CN1CCC(O)(O)CC1.CN1CCC(c2ccccc2)CC1.CO.CS(=O)(=O)c1ccccc1.ClCCl.OC1(c2ccccc2)CCNCC1. The summed E-state index contributed by atoms with van der Waals surface area (Å²) in [5.74, 6) is -0.525. The molecule has 0 saturated carbocycles. The summed E-state index contributed by atoms with van der Waals surface area (Å²) in [5.41, 5.74) is -0.179. The van der Waals surface area contributed by atoms with Gasteiger partial charge in [0.1, 0.15) is 5.78 Å². The van der Waals surface area contributed by atoms with Crippen LogP contribution in [0.1, 0.15) is 102 Å². The summed E-state index contributed by atoms with van der Waals surface area (Å²) >= 11 is 9.53. The topological polar surface area (TPSA) is 269 Å². The van der Waals surface area contributed by atoms with Gasteiger partial charge in [0.15, 0.2) is 35.3 Å². The molecule has 11 rings (SSSR count). The molecule has 95 heavy (non-hydrogen) atoms. The highest BCUT2D eigenvalue weighted by Gasteiger charge is 2.38. The number of hydrogen-bond donors (Lipinski definition) is 7. The molecule has 0 atom stereocenters. The number of sulfone groups is 3. The highest BCUT2D eigenvalue weighted by molar-refractivity contribution is 7.92. The maximum Gasteiger partial charge on any atom is 0.181 e. The molecule has 6 fully saturated rings. The first-order valence-electron chi connectivity index (χ1n) is 32.2. The third kappa shape index (κ3) is 34.4. The molecule has 0 aliphatic carbocycles. The zero-order valence-corrected chi connectivity index (χ0v) is 60.3. The molecular formula is C71H112Cl2N6O13S3. The summed E-state index contributed by atoms with van der Waals surface area (Å²) in [7, 11) is 1.38. The van der Waals surface area contributed by atoms with Crippen LogP contribution in [0.5, 0.6) is 0 Å². The number of hydrogen-bond acceptors (Lipinski definition) is 19. The number of halogens is 2. The van der Waals surface area contributed by atoms with Crippen LogP contribution in [0.3, 0.4) is 0 Å². The predicted octanol–water partition coefficient (Wildman–Crippen LogP) is 8.02. The van der Waals surface area contributed by atoms with Crippen LogP contribution in [0, 0.1) is 0 Å². The van der Waals surface area contributed by atoms with Crippen molar-refractivity contribution in [2.75, 3.05) is 144 Å². The van der Waals surface area contributed by atoms with Crippen molar-refractivity contribution in [2.45, 2.75) is 128 Å². The van der Waals surface area contributed by atoms with E-state index in [0.29, 0.717) is 49.2 Å². The number of aliphatic hydroxyl groups excluding tert-OH is 1. The Hall–Kier alpha value is -4.28. The van der Waals surface area contributed by atoms with Gasteiger partial charge in [-0.15, -0.1) is 23.2 Å². The number of nitrogens with zero attached hydrogens (tertiary/aromatic N) is 5. The Labute approximate surface area is 579 Å². The fraction of sp³-hybridized carbons (Fsp3) is 0.563. The minimum Gasteiger partial charge on any atom is -0.400 e. The molecule has 0 bridgehead atoms. The lowest BCUT2D eigenvalue weighted by atomic mass is 9.85. The molecule has 6 heterocycles. The van der Waals surface area contributed by atoms with Gasteiger partial charge in [-0.05, 0) is 166 Å². The van der Waals surface area contributed by atoms with Gasteiger partial charge in [-0.25, -0.2) is 25.3 Å². The fourth-order valence-electron chi connectivity index (χ4n) is 10.9. The van der Waals surface area contributed by atoms with Crippen LogP contribution in [0.4, 0.5) is 0 Å². The lowest BCUT2D eigenvalue weighted by Crippen LogP contribution is -2.47. The Morgan fingerprint density at radius 3 is 1.05 bits per heavy atom. The van der Waals surface area contributed by atoms with Crippen LogP contribution in [0.25, 0.3) is 0 Å². The molecule has 6 aliphatic rings. The summed E-state index contributed by atoms with van der Waals surface area (Å²) in [6, 6.07) is 45.9. The zero-order chi connectivity index (χ0) is 69.9. The van der Waals surface area contributed by atoms with Crippen LogP contribution in [0.2, 0.25) is 0 Å². The number of ketones is 1. The number of benzene rings is 5. The summed E-state index contributed by atoms with van der Waals surface area (Å²) in [6.45, 7) is 10.7. The lowest BCUT2D eigenvalue weighted by molar-refractivity contribution is -0.187. The lowest BCUT2D eigenvalue weighted by Gasteiger charge is -2.36. The second kappa shape index (κ2) is 44.0. The van der Waals surface area contributed by atoms with E-state index in [1.54, 1.807) is 91.0 Å². The van der Waals surface area contributed by atoms with Crippen LogP contribution in [0.15, 0.2) is 166 Å². The van der Waals surface area contributed by atoms with Crippen LogP contribution >= 0.6 is 23.2 Å². The van der Waals surface area contributed by atoms with Crippen molar-refractivity contribution in [3.8, 4) is 0 Å². The predicted molar refractivity (Wildman–Crippen MR) is 385 cm³/mol. The molecule has 0 spiro atoms. The minimum atomic E-state index is -3.40. The first kappa shape index (κ1) is 86.8. The van der Waals surface area contributed by atoms with Crippen LogP contribution in [-0.4, -0.2) is 247 Å². The molecule has 6 aliphatic heterocycles. The van der Waals surface area contributed by atoms with E-state index < -0.39 is 52.1 Å². The summed E-state index contributed by atoms with van der Waals surface area (Å²) in [4.78, 5) is 22.4. The summed E-state index contributed by atoms with van der Waals surface area (Å²) < 4.78 is 70.5. The molecule has 0 radical (unpaired) electrons. The second-order valence-electron chi connectivity index (χ2n) is 25.1. The monoisotopic (exact) mass is 1420 g/mol. The fourth-order valence-corrected chi connectivity index (χ4v) is 15.1. The molecule has 0 amide bonds. The Balaban J connectivity index is 0.000000378. The van der Waals surface area contributed by atoms with Crippen LogP contribution < -0.4 is 5.32 Å². The normalized spacial score (nSPS) is 19.7. The van der Waals surface area contributed by atoms with Crippen molar-refractivity contribution in [3.63, 3.8) is 0 Å². The third-order valence-electron chi connectivity index (χ3n) is 17.2. The van der Waals surface area contributed by atoms with Gasteiger partial charge in [-0.2, -0.15) is 0 Å². The molecule has 7 N–H and O–H groups in total. The maximum atomic E-state index is 12.2. The molecule has 536 valence electrons. The maximum absolute atomic E-state index is 12.2. The number of nitrogens with one attached hydrogen (secondary N) is 1. The molecule has 19 nitrogen and oxygen atoms in total. The third-order valence-corrected chi connectivity index (χ3v) is 22.1. The van der Waals surface area contributed by atoms with Crippen molar-refractivity contribution in [2.24, 2.45) is 0 Å². The van der Waals surface area contributed by atoms with Gasteiger partial charge in [-0.1, -0.05) is 123 Å².